The minimum Gasteiger partial charge on any atom is -0.399 e. The summed E-state index contributed by atoms with van der Waals surface area (Å²) in [6, 6.07) is 9.07. The van der Waals surface area contributed by atoms with Crippen molar-refractivity contribution in [2.45, 2.75) is 19.9 Å². The number of rotatable bonds is 7. The molecule has 0 spiro atoms. The van der Waals surface area contributed by atoms with E-state index in [4.69, 9.17) is 5.73 Å². The highest BCUT2D eigenvalue weighted by atomic mass is 35.5. The molecule has 3 N–H and O–H groups in total. The van der Waals surface area contributed by atoms with Crippen LogP contribution in [0.5, 0.6) is 0 Å². The molecule has 0 aliphatic carbocycles. The number of carbonyl (C=O) groups is 1. The number of nitrogens with zero attached hydrogens (tertiary/aromatic N) is 1. The fourth-order valence-electron chi connectivity index (χ4n) is 2.50. The van der Waals surface area contributed by atoms with E-state index in [2.05, 4.69) is 5.32 Å². The average Bonchev–Trinajstić information content (AvgIpc) is 2.56. The molecule has 0 saturated carbocycles. The second-order valence-electron chi connectivity index (χ2n) is 5.73. The zero-order valence-corrected chi connectivity index (χ0v) is 15.1. The lowest BCUT2D eigenvalue weighted by Crippen LogP contribution is -2.33. The molecule has 0 bridgehead atoms. The zero-order valence-electron chi connectivity index (χ0n) is 14.3. The largest absolute Gasteiger partial charge is 0.399 e. The number of nitrogens with one attached hydrogen (secondary N) is 1. The Morgan fingerprint density at radius 3 is 2.54 bits per heavy atom. The van der Waals surface area contributed by atoms with Gasteiger partial charge in [-0.2, -0.15) is 0 Å². The highest BCUT2D eigenvalue weighted by Gasteiger charge is 2.17. The topological polar surface area (TPSA) is 58.4 Å². The van der Waals surface area contributed by atoms with Gasteiger partial charge in [0.25, 0.3) is 0 Å². The van der Waals surface area contributed by atoms with E-state index < -0.39 is 23.4 Å². The summed E-state index contributed by atoms with van der Waals surface area (Å²) in [4.78, 5) is 14.0. The smallest absolute Gasteiger partial charge is 0.238 e. The van der Waals surface area contributed by atoms with Gasteiger partial charge in [0.1, 0.15) is 0 Å². The van der Waals surface area contributed by atoms with Crippen LogP contribution in [0.4, 0.5) is 24.5 Å². The summed E-state index contributed by atoms with van der Waals surface area (Å²) < 4.78 is 39.8. The normalized spacial score (nSPS) is 10.5. The van der Waals surface area contributed by atoms with Crippen molar-refractivity contribution >= 4 is 29.7 Å². The summed E-state index contributed by atoms with van der Waals surface area (Å²) in [5.74, 6) is -4.83. The third-order valence-electron chi connectivity index (χ3n) is 3.57. The molecule has 2 rings (SSSR count). The molecule has 0 aliphatic heterocycles. The molecule has 1 amide bonds. The zero-order chi connectivity index (χ0) is 18.4. The van der Waals surface area contributed by atoms with Crippen LogP contribution in [0.15, 0.2) is 36.4 Å². The van der Waals surface area contributed by atoms with Crippen LogP contribution in [0.3, 0.4) is 0 Å². The first kappa shape index (κ1) is 21.8. The molecular weight excluding hydrogens is 367 g/mol. The van der Waals surface area contributed by atoms with Gasteiger partial charge in [-0.15, -0.1) is 12.4 Å². The van der Waals surface area contributed by atoms with Crippen molar-refractivity contribution in [2.75, 3.05) is 24.1 Å². The van der Waals surface area contributed by atoms with E-state index in [1.54, 1.807) is 6.07 Å². The first-order valence-corrected chi connectivity index (χ1v) is 7.90. The van der Waals surface area contributed by atoms with E-state index in [0.29, 0.717) is 18.8 Å². The Labute approximate surface area is 156 Å². The van der Waals surface area contributed by atoms with Gasteiger partial charge < -0.3 is 11.1 Å². The third-order valence-corrected chi connectivity index (χ3v) is 3.57. The van der Waals surface area contributed by atoms with E-state index in [-0.39, 0.29) is 24.6 Å². The van der Waals surface area contributed by atoms with Gasteiger partial charge in [0.2, 0.25) is 5.91 Å². The monoisotopic (exact) mass is 387 g/mol. The number of nitrogen functional groups attached to an aromatic ring is 1. The molecule has 0 saturated heterocycles. The predicted octanol–water partition coefficient (Wildman–Crippen LogP) is 3.96. The molecule has 0 fully saturated rings. The van der Waals surface area contributed by atoms with Crippen LogP contribution in [0.1, 0.15) is 18.9 Å². The maximum Gasteiger partial charge on any atom is 0.238 e. The standard InChI is InChI=1S/C18H20F3N3O.ClH/c1-2-8-24(10-12-4-3-5-13(22)9-12)11-16(25)23-15-7-6-14(19)17(20)18(15)21;/h3-7,9H,2,8,10-11,22H2,1H3,(H,23,25);1H. The van der Waals surface area contributed by atoms with Gasteiger partial charge in [-0.05, 0) is 42.8 Å². The Bertz CT molecular complexity index is 758. The lowest BCUT2D eigenvalue weighted by atomic mass is 10.2. The quantitative estimate of drug-likeness (QED) is 0.558. The summed E-state index contributed by atoms with van der Waals surface area (Å²) in [6.45, 7) is 3.09. The fourth-order valence-corrected chi connectivity index (χ4v) is 2.50. The molecule has 0 atom stereocenters. The average molecular weight is 388 g/mol. The molecule has 0 radical (unpaired) electrons. The number of carbonyl (C=O) groups excluding carboxylic acids is 1. The van der Waals surface area contributed by atoms with E-state index in [1.807, 2.05) is 30.0 Å². The molecule has 142 valence electrons. The number of amides is 1. The van der Waals surface area contributed by atoms with Crippen LogP contribution in [0.25, 0.3) is 0 Å². The Morgan fingerprint density at radius 1 is 1.15 bits per heavy atom. The van der Waals surface area contributed by atoms with Crippen molar-refractivity contribution in [1.82, 2.24) is 4.90 Å². The Kier molecular flexibility index (Phi) is 8.41. The molecule has 8 heteroatoms. The van der Waals surface area contributed by atoms with E-state index in [0.717, 1.165) is 24.1 Å². The summed E-state index contributed by atoms with van der Waals surface area (Å²) in [7, 11) is 0. The maximum atomic E-state index is 13.6. The predicted molar refractivity (Wildman–Crippen MR) is 98.6 cm³/mol. The number of benzene rings is 2. The first-order valence-electron chi connectivity index (χ1n) is 7.90. The van der Waals surface area contributed by atoms with Crippen LogP contribution < -0.4 is 11.1 Å². The van der Waals surface area contributed by atoms with Gasteiger partial charge >= 0.3 is 0 Å². The molecule has 2 aromatic rings. The number of hydrogen-bond donors (Lipinski definition) is 2. The number of halogens is 4. The highest BCUT2D eigenvalue weighted by molar-refractivity contribution is 5.92. The van der Waals surface area contributed by atoms with Crippen molar-refractivity contribution in [3.63, 3.8) is 0 Å². The Morgan fingerprint density at radius 2 is 1.88 bits per heavy atom. The molecule has 2 aromatic carbocycles. The van der Waals surface area contributed by atoms with Crippen molar-refractivity contribution in [2.24, 2.45) is 0 Å². The fraction of sp³-hybridized carbons (Fsp3) is 0.278. The second kappa shape index (κ2) is 10.0. The SMILES string of the molecule is CCCN(CC(=O)Nc1ccc(F)c(F)c1F)Cc1cccc(N)c1.Cl. The third kappa shape index (κ3) is 5.93. The van der Waals surface area contributed by atoms with Crippen LogP contribution in [0.2, 0.25) is 0 Å². The Hall–Kier alpha value is -2.25. The second-order valence-corrected chi connectivity index (χ2v) is 5.73. The van der Waals surface area contributed by atoms with E-state index >= 15 is 0 Å². The van der Waals surface area contributed by atoms with Gasteiger partial charge in [0, 0.05) is 12.2 Å². The van der Waals surface area contributed by atoms with Crippen molar-refractivity contribution in [1.29, 1.82) is 0 Å². The van der Waals surface area contributed by atoms with Gasteiger partial charge in [-0.3, -0.25) is 9.69 Å². The van der Waals surface area contributed by atoms with Crippen molar-refractivity contribution < 1.29 is 18.0 Å². The molecule has 0 heterocycles. The molecule has 0 unspecified atom stereocenters. The first-order chi connectivity index (χ1) is 11.9. The molecule has 4 nitrogen and oxygen atoms in total. The lowest BCUT2D eigenvalue weighted by Gasteiger charge is -2.21. The van der Waals surface area contributed by atoms with Crippen LogP contribution in [-0.4, -0.2) is 23.9 Å². The minimum absolute atomic E-state index is 0. The van der Waals surface area contributed by atoms with Crippen LogP contribution in [-0.2, 0) is 11.3 Å². The number of anilines is 2. The van der Waals surface area contributed by atoms with Crippen molar-refractivity contribution in [3.05, 3.63) is 59.4 Å². The van der Waals surface area contributed by atoms with Crippen LogP contribution in [0, 0.1) is 17.5 Å². The van der Waals surface area contributed by atoms with Crippen molar-refractivity contribution in [3.8, 4) is 0 Å². The summed E-state index contributed by atoms with van der Waals surface area (Å²) >= 11 is 0. The number of hydrogen-bond acceptors (Lipinski definition) is 3. The van der Waals surface area contributed by atoms with E-state index in [1.165, 1.54) is 0 Å². The minimum atomic E-state index is -1.61. The van der Waals surface area contributed by atoms with Gasteiger partial charge in [-0.25, -0.2) is 13.2 Å². The van der Waals surface area contributed by atoms with Gasteiger partial charge in [0.15, 0.2) is 17.5 Å². The van der Waals surface area contributed by atoms with E-state index in [9.17, 15) is 18.0 Å². The Balaban J connectivity index is 0.00000338. The maximum absolute atomic E-state index is 13.6. The summed E-state index contributed by atoms with van der Waals surface area (Å²) in [5.41, 5.74) is 6.94. The number of nitrogens with two attached hydrogens (primary N) is 1. The molecule has 0 aromatic heterocycles. The molecular formula is C18H21ClF3N3O. The summed E-state index contributed by atoms with van der Waals surface area (Å²) in [6.07, 6.45) is 0.815. The summed E-state index contributed by atoms with van der Waals surface area (Å²) in [5, 5.41) is 2.28. The van der Waals surface area contributed by atoms with Gasteiger partial charge in [-0.1, -0.05) is 19.1 Å². The lowest BCUT2D eigenvalue weighted by molar-refractivity contribution is -0.117. The molecule has 26 heavy (non-hydrogen) atoms. The van der Waals surface area contributed by atoms with Crippen LogP contribution >= 0.6 is 12.4 Å². The van der Waals surface area contributed by atoms with Gasteiger partial charge in [0.05, 0.1) is 12.2 Å². The highest BCUT2D eigenvalue weighted by Crippen LogP contribution is 2.19. The molecule has 0 aliphatic rings.